The monoisotopic (exact) mass is 199 g/mol. The van der Waals surface area contributed by atoms with Crippen LogP contribution in [-0.4, -0.2) is 15.6 Å². The predicted octanol–water partition coefficient (Wildman–Crippen LogP) is 2.37. The van der Waals surface area contributed by atoms with Gasteiger partial charge in [0, 0.05) is 23.7 Å². The second kappa shape index (κ2) is 2.73. The van der Waals surface area contributed by atoms with Crippen molar-refractivity contribution in [3.8, 4) is 0 Å². The molecule has 0 saturated carbocycles. The molecule has 0 spiro atoms. The average molecular weight is 199 g/mol. The minimum Gasteiger partial charge on any atom is -0.478 e. The lowest BCUT2D eigenvalue weighted by atomic mass is 10.1. The normalized spacial score (nSPS) is 13.3. The lowest BCUT2D eigenvalue weighted by Crippen LogP contribution is -1.96. The number of aromatic carboxylic acids is 1. The molecule has 1 N–H and O–H groups in total. The maximum atomic E-state index is 11.0. The molecule has 1 aromatic heterocycles. The van der Waals surface area contributed by atoms with Crippen LogP contribution in [-0.2, 0) is 6.42 Å². The number of fused-ring (bicyclic) bond motifs is 3. The van der Waals surface area contributed by atoms with E-state index in [4.69, 9.17) is 5.11 Å². The van der Waals surface area contributed by atoms with Gasteiger partial charge in [0.05, 0.1) is 11.1 Å². The summed E-state index contributed by atoms with van der Waals surface area (Å²) in [5.74, 6) is -0.867. The number of hydrogen-bond acceptors (Lipinski definition) is 1. The number of hydrogen-bond donors (Lipinski definition) is 1. The van der Waals surface area contributed by atoms with Crippen molar-refractivity contribution in [1.29, 1.82) is 0 Å². The van der Waals surface area contributed by atoms with Crippen LogP contribution in [0.3, 0.4) is 0 Å². The number of allylic oxidation sites excluding steroid dienone is 1. The van der Waals surface area contributed by atoms with Crippen molar-refractivity contribution in [3.63, 3.8) is 0 Å². The highest BCUT2D eigenvalue weighted by Gasteiger charge is 2.15. The fourth-order valence-electron chi connectivity index (χ4n) is 2.10. The van der Waals surface area contributed by atoms with E-state index in [9.17, 15) is 4.79 Å². The third kappa shape index (κ3) is 1.03. The van der Waals surface area contributed by atoms with E-state index in [2.05, 4.69) is 6.08 Å². The molecule has 0 amide bonds. The zero-order valence-electron chi connectivity index (χ0n) is 7.97. The van der Waals surface area contributed by atoms with Crippen molar-refractivity contribution in [3.05, 3.63) is 41.6 Å². The highest BCUT2D eigenvalue weighted by atomic mass is 16.4. The molecule has 1 aliphatic heterocycles. The van der Waals surface area contributed by atoms with Crippen LogP contribution in [0.15, 0.2) is 30.3 Å². The van der Waals surface area contributed by atoms with Crippen molar-refractivity contribution in [1.82, 2.24) is 4.57 Å². The van der Waals surface area contributed by atoms with E-state index < -0.39 is 5.97 Å². The Kier molecular flexibility index (Phi) is 1.51. The second-order valence-corrected chi connectivity index (χ2v) is 3.64. The molecular formula is C12H9NO2. The molecule has 0 aliphatic carbocycles. The van der Waals surface area contributed by atoms with Gasteiger partial charge in [0.2, 0.25) is 0 Å². The quantitative estimate of drug-likeness (QED) is 0.766. The third-order valence-corrected chi connectivity index (χ3v) is 2.77. The van der Waals surface area contributed by atoms with E-state index in [0.29, 0.717) is 5.56 Å². The molecule has 3 nitrogen and oxygen atoms in total. The van der Waals surface area contributed by atoms with Gasteiger partial charge in [0.1, 0.15) is 0 Å². The Morgan fingerprint density at radius 2 is 2.27 bits per heavy atom. The van der Waals surface area contributed by atoms with Crippen LogP contribution in [0.25, 0.3) is 17.1 Å². The molecule has 0 fully saturated rings. The van der Waals surface area contributed by atoms with Gasteiger partial charge in [-0.15, -0.1) is 0 Å². The van der Waals surface area contributed by atoms with E-state index in [1.54, 1.807) is 12.1 Å². The summed E-state index contributed by atoms with van der Waals surface area (Å²) in [4.78, 5) is 11.0. The Morgan fingerprint density at radius 1 is 1.40 bits per heavy atom. The third-order valence-electron chi connectivity index (χ3n) is 2.77. The number of carboxylic acid groups (broad SMARTS) is 1. The summed E-state index contributed by atoms with van der Waals surface area (Å²) in [6.07, 6.45) is 4.94. The van der Waals surface area contributed by atoms with Gasteiger partial charge in [0.15, 0.2) is 0 Å². The van der Waals surface area contributed by atoms with E-state index in [1.807, 2.05) is 22.9 Å². The SMILES string of the molecule is O=C(O)c1cccc2c1cc1n2C=CC1. The van der Waals surface area contributed by atoms with Crippen molar-refractivity contribution >= 4 is 23.1 Å². The molecular weight excluding hydrogens is 190 g/mol. The minimum absolute atomic E-state index is 0.378. The summed E-state index contributed by atoms with van der Waals surface area (Å²) < 4.78 is 2.04. The largest absolute Gasteiger partial charge is 0.478 e. The summed E-state index contributed by atoms with van der Waals surface area (Å²) in [6.45, 7) is 0. The molecule has 0 radical (unpaired) electrons. The second-order valence-electron chi connectivity index (χ2n) is 3.64. The van der Waals surface area contributed by atoms with E-state index >= 15 is 0 Å². The van der Waals surface area contributed by atoms with Gasteiger partial charge in [-0.1, -0.05) is 12.1 Å². The summed E-state index contributed by atoms with van der Waals surface area (Å²) in [5, 5.41) is 9.87. The van der Waals surface area contributed by atoms with Crippen LogP contribution in [0.4, 0.5) is 0 Å². The standard InChI is InChI=1S/C12H9NO2/c14-12(15)9-4-1-5-11-10(9)7-8-3-2-6-13(8)11/h1-2,4-7H,3H2,(H,14,15). The Morgan fingerprint density at radius 3 is 3.07 bits per heavy atom. The molecule has 74 valence electrons. The average Bonchev–Trinajstić information content (AvgIpc) is 2.75. The Bertz CT molecular complexity index is 593. The lowest BCUT2D eigenvalue weighted by molar-refractivity contribution is 0.0699. The van der Waals surface area contributed by atoms with Crippen molar-refractivity contribution in [2.45, 2.75) is 6.42 Å². The highest BCUT2D eigenvalue weighted by molar-refractivity contribution is 6.04. The molecule has 2 heterocycles. The van der Waals surface area contributed by atoms with E-state index in [0.717, 1.165) is 23.0 Å². The van der Waals surface area contributed by atoms with Crippen molar-refractivity contribution in [2.24, 2.45) is 0 Å². The van der Waals surface area contributed by atoms with Crippen LogP contribution in [0.1, 0.15) is 16.1 Å². The van der Waals surface area contributed by atoms with Gasteiger partial charge in [-0.25, -0.2) is 4.79 Å². The highest BCUT2D eigenvalue weighted by Crippen LogP contribution is 2.27. The number of carboxylic acids is 1. The molecule has 0 bridgehead atoms. The van der Waals surface area contributed by atoms with Crippen LogP contribution in [0.2, 0.25) is 0 Å². The number of carbonyl (C=O) groups is 1. The van der Waals surface area contributed by atoms with Gasteiger partial charge < -0.3 is 9.67 Å². The first-order valence-electron chi connectivity index (χ1n) is 4.80. The summed E-state index contributed by atoms with van der Waals surface area (Å²) in [6, 6.07) is 7.33. The molecule has 0 saturated heterocycles. The predicted molar refractivity (Wildman–Crippen MR) is 57.9 cm³/mol. The van der Waals surface area contributed by atoms with Gasteiger partial charge >= 0.3 is 5.97 Å². The molecule has 2 aromatic rings. The molecule has 3 heteroatoms. The van der Waals surface area contributed by atoms with Crippen LogP contribution >= 0.6 is 0 Å². The first kappa shape index (κ1) is 8.29. The smallest absolute Gasteiger partial charge is 0.336 e. The lowest BCUT2D eigenvalue weighted by Gasteiger charge is -1.99. The zero-order valence-corrected chi connectivity index (χ0v) is 7.97. The summed E-state index contributed by atoms with van der Waals surface area (Å²) in [7, 11) is 0. The molecule has 15 heavy (non-hydrogen) atoms. The van der Waals surface area contributed by atoms with Crippen LogP contribution in [0.5, 0.6) is 0 Å². The molecule has 1 aromatic carbocycles. The Hall–Kier alpha value is -2.03. The Balaban J connectivity index is 2.42. The fraction of sp³-hybridized carbons (Fsp3) is 0.0833. The van der Waals surface area contributed by atoms with Crippen LogP contribution in [0, 0.1) is 0 Å². The van der Waals surface area contributed by atoms with Crippen LogP contribution < -0.4 is 0 Å². The van der Waals surface area contributed by atoms with Gasteiger partial charge in [-0.05, 0) is 18.2 Å². The molecule has 1 aliphatic rings. The van der Waals surface area contributed by atoms with Crippen molar-refractivity contribution < 1.29 is 9.90 Å². The van der Waals surface area contributed by atoms with Gasteiger partial charge in [-0.2, -0.15) is 0 Å². The number of rotatable bonds is 1. The van der Waals surface area contributed by atoms with Gasteiger partial charge in [0.25, 0.3) is 0 Å². The molecule has 3 rings (SSSR count). The number of nitrogens with zero attached hydrogens (tertiary/aromatic N) is 1. The number of benzene rings is 1. The molecule has 0 atom stereocenters. The summed E-state index contributed by atoms with van der Waals surface area (Å²) >= 11 is 0. The van der Waals surface area contributed by atoms with E-state index in [1.165, 1.54) is 0 Å². The fourth-order valence-corrected chi connectivity index (χ4v) is 2.10. The topological polar surface area (TPSA) is 42.2 Å². The molecule has 0 unspecified atom stereocenters. The maximum Gasteiger partial charge on any atom is 0.336 e. The van der Waals surface area contributed by atoms with E-state index in [-0.39, 0.29) is 0 Å². The van der Waals surface area contributed by atoms with Crippen molar-refractivity contribution in [2.75, 3.05) is 0 Å². The zero-order chi connectivity index (χ0) is 10.4. The Labute approximate surface area is 86.3 Å². The van der Waals surface area contributed by atoms with Gasteiger partial charge in [-0.3, -0.25) is 0 Å². The maximum absolute atomic E-state index is 11.0. The first-order valence-corrected chi connectivity index (χ1v) is 4.80. The summed E-state index contributed by atoms with van der Waals surface area (Å²) in [5.41, 5.74) is 2.50. The first-order chi connectivity index (χ1) is 7.27. The minimum atomic E-state index is -0.867. The number of aromatic nitrogens is 1.